The highest BCUT2D eigenvalue weighted by Gasteiger charge is 2.15. The minimum atomic E-state index is 0.421. The lowest BCUT2D eigenvalue weighted by molar-refractivity contribution is 0.752. The SMILES string of the molecule is CC.CC1=CC=CC2=CC=CNC12. The van der Waals surface area contributed by atoms with Gasteiger partial charge in [0.2, 0.25) is 0 Å². The molecule has 1 unspecified atom stereocenters. The summed E-state index contributed by atoms with van der Waals surface area (Å²) >= 11 is 0. The van der Waals surface area contributed by atoms with Crippen LogP contribution in [0.4, 0.5) is 0 Å². The average Bonchev–Trinajstić information content (AvgIpc) is 2.22. The number of allylic oxidation sites excluding steroid dienone is 4. The molecular weight excluding hydrogens is 158 g/mol. The molecule has 70 valence electrons. The first-order chi connectivity index (χ1) is 6.38. The van der Waals surface area contributed by atoms with Crippen molar-refractivity contribution >= 4 is 0 Å². The zero-order valence-electron chi connectivity index (χ0n) is 8.54. The van der Waals surface area contributed by atoms with Gasteiger partial charge in [-0.05, 0) is 30.3 Å². The Kier molecular flexibility index (Phi) is 3.56. The molecule has 2 rings (SSSR count). The molecule has 1 aliphatic carbocycles. The lowest BCUT2D eigenvalue weighted by Gasteiger charge is -2.24. The second-order valence-electron chi connectivity index (χ2n) is 2.90. The van der Waals surface area contributed by atoms with Crippen molar-refractivity contribution in [2.45, 2.75) is 26.8 Å². The monoisotopic (exact) mass is 175 g/mol. The third kappa shape index (κ3) is 2.11. The van der Waals surface area contributed by atoms with Crippen molar-refractivity contribution in [1.82, 2.24) is 5.32 Å². The first-order valence-electron chi connectivity index (χ1n) is 4.85. The highest BCUT2D eigenvalue weighted by atomic mass is 14.9. The largest absolute Gasteiger partial charge is 0.380 e. The summed E-state index contributed by atoms with van der Waals surface area (Å²) in [5.41, 5.74) is 2.73. The summed E-state index contributed by atoms with van der Waals surface area (Å²) < 4.78 is 0. The Morgan fingerprint density at radius 2 is 1.92 bits per heavy atom. The minimum Gasteiger partial charge on any atom is -0.380 e. The van der Waals surface area contributed by atoms with E-state index in [9.17, 15) is 0 Å². The van der Waals surface area contributed by atoms with E-state index in [4.69, 9.17) is 0 Å². The maximum atomic E-state index is 3.30. The van der Waals surface area contributed by atoms with E-state index in [2.05, 4.69) is 36.5 Å². The highest BCUT2D eigenvalue weighted by Crippen LogP contribution is 2.20. The van der Waals surface area contributed by atoms with E-state index in [0.717, 1.165) is 0 Å². The van der Waals surface area contributed by atoms with Crippen LogP contribution in [0.5, 0.6) is 0 Å². The summed E-state index contributed by atoms with van der Waals surface area (Å²) in [6.07, 6.45) is 12.6. The van der Waals surface area contributed by atoms with Gasteiger partial charge in [0.1, 0.15) is 0 Å². The van der Waals surface area contributed by atoms with Crippen LogP contribution in [0.2, 0.25) is 0 Å². The Bertz CT molecular complexity index is 279. The van der Waals surface area contributed by atoms with Crippen LogP contribution in [0, 0.1) is 0 Å². The molecule has 0 bridgehead atoms. The molecule has 0 spiro atoms. The molecule has 0 saturated heterocycles. The molecule has 0 amide bonds. The number of hydrogen-bond donors (Lipinski definition) is 1. The maximum Gasteiger partial charge on any atom is 0.0722 e. The molecule has 1 N–H and O–H groups in total. The number of fused-ring (bicyclic) bond motifs is 1. The molecular formula is C12H17N. The fourth-order valence-electron chi connectivity index (χ4n) is 1.46. The van der Waals surface area contributed by atoms with Gasteiger partial charge in [0.05, 0.1) is 6.04 Å². The summed E-state index contributed by atoms with van der Waals surface area (Å²) in [5, 5.41) is 3.30. The summed E-state index contributed by atoms with van der Waals surface area (Å²) in [7, 11) is 0. The third-order valence-corrected chi connectivity index (χ3v) is 2.08. The summed E-state index contributed by atoms with van der Waals surface area (Å²) in [6, 6.07) is 0.421. The lowest BCUT2D eigenvalue weighted by atomic mass is 9.93. The third-order valence-electron chi connectivity index (χ3n) is 2.08. The predicted molar refractivity (Wildman–Crippen MR) is 58.4 cm³/mol. The number of nitrogens with one attached hydrogen (secondary N) is 1. The van der Waals surface area contributed by atoms with Gasteiger partial charge in [-0.15, -0.1) is 0 Å². The highest BCUT2D eigenvalue weighted by molar-refractivity contribution is 5.44. The van der Waals surface area contributed by atoms with E-state index in [1.165, 1.54) is 11.1 Å². The molecule has 1 aliphatic heterocycles. The second-order valence-corrected chi connectivity index (χ2v) is 2.90. The Labute approximate surface area is 80.5 Å². The topological polar surface area (TPSA) is 12.0 Å². The van der Waals surface area contributed by atoms with Crippen LogP contribution in [0.15, 0.2) is 47.7 Å². The lowest BCUT2D eigenvalue weighted by Crippen LogP contribution is -2.29. The van der Waals surface area contributed by atoms with Gasteiger partial charge >= 0.3 is 0 Å². The van der Waals surface area contributed by atoms with Gasteiger partial charge in [-0.1, -0.05) is 38.2 Å². The van der Waals surface area contributed by atoms with Crippen molar-refractivity contribution in [3.63, 3.8) is 0 Å². The fourth-order valence-corrected chi connectivity index (χ4v) is 1.46. The van der Waals surface area contributed by atoms with Crippen LogP contribution in [-0.4, -0.2) is 6.04 Å². The standard InChI is InChI=1S/C10H11N.C2H6/c1-8-4-2-5-9-6-3-7-11-10(8)9;1-2/h2-7,10-11H,1H3;1-2H3. The first-order valence-corrected chi connectivity index (χ1v) is 4.85. The van der Waals surface area contributed by atoms with Crippen molar-refractivity contribution in [1.29, 1.82) is 0 Å². The van der Waals surface area contributed by atoms with Crippen LogP contribution < -0.4 is 5.32 Å². The zero-order valence-corrected chi connectivity index (χ0v) is 8.54. The summed E-state index contributed by atoms with van der Waals surface area (Å²) in [6.45, 7) is 6.15. The molecule has 1 nitrogen and oxygen atoms in total. The second kappa shape index (κ2) is 4.70. The van der Waals surface area contributed by atoms with Gasteiger partial charge in [0.15, 0.2) is 0 Å². The summed E-state index contributed by atoms with van der Waals surface area (Å²) in [5.74, 6) is 0. The van der Waals surface area contributed by atoms with Crippen molar-refractivity contribution in [2.75, 3.05) is 0 Å². The van der Waals surface area contributed by atoms with Crippen LogP contribution in [0.25, 0.3) is 0 Å². The molecule has 0 aromatic rings. The Balaban J connectivity index is 0.000000396. The maximum absolute atomic E-state index is 3.30. The van der Waals surface area contributed by atoms with Gasteiger partial charge < -0.3 is 5.32 Å². The molecule has 1 atom stereocenters. The molecule has 0 radical (unpaired) electrons. The van der Waals surface area contributed by atoms with Crippen molar-refractivity contribution in [3.8, 4) is 0 Å². The van der Waals surface area contributed by atoms with Gasteiger partial charge in [-0.2, -0.15) is 0 Å². The normalized spacial score (nSPS) is 23.2. The average molecular weight is 175 g/mol. The van der Waals surface area contributed by atoms with Crippen molar-refractivity contribution in [3.05, 3.63) is 47.7 Å². The Morgan fingerprint density at radius 3 is 2.62 bits per heavy atom. The van der Waals surface area contributed by atoms with Gasteiger partial charge in [0.25, 0.3) is 0 Å². The predicted octanol–water partition coefficient (Wildman–Crippen LogP) is 2.94. The molecule has 13 heavy (non-hydrogen) atoms. The van der Waals surface area contributed by atoms with E-state index >= 15 is 0 Å². The van der Waals surface area contributed by atoms with E-state index in [1.54, 1.807) is 0 Å². The van der Waals surface area contributed by atoms with Crippen molar-refractivity contribution < 1.29 is 0 Å². The molecule has 0 fully saturated rings. The molecule has 0 saturated carbocycles. The summed E-state index contributed by atoms with van der Waals surface area (Å²) in [4.78, 5) is 0. The van der Waals surface area contributed by atoms with Crippen molar-refractivity contribution in [2.24, 2.45) is 0 Å². The first kappa shape index (κ1) is 9.85. The van der Waals surface area contributed by atoms with E-state index in [0.29, 0.717) is 6.04 Å². The van der Waals surface area contributed by atoms with E-state index in [-0.39, 0.29) is 0 Å². The minimum absolute atomic E-state index is 0.421. The zero-order chi connectivity index (χ0) is 9.68. The van der Waals surface area contributed by atoms with E-state index < -0.39 is 0 Å². The van der Waals surface area contributed by atoms with Crippen LogP contribution in [0.1, 0.15) is 20.8 Å². The van der Waals surface area contributed by atoms with E-state index in [1.807, 2.05) is 26.1 Å². The molecule has 2 aliphatic rings. The van der Waals surface area contributed by atoms with Gasteiger partial charge in [-0.3, -0.25) is 0 Å². The van der Waals surface area contributed by atoms with Crippen LogP contribution >= 0.6 is 0 Å². The van der Waals surface area contributed by atoms with Crippen LogP contribution in [-0.2, 0) is 0 Å². The Hall–Kier alpha value is -1.24. The van der Waals surface area contributed by atoms with Crippen LogP contribution in [0.3, 0.4) is 0 Å². The smallest absolute Gasteiger partial charge is 0.0722 e. The number of hydrogen-bond acceptors (Lipinski definition) is 1. The molecule has 1 heteroatoms. The number of dihydropyridines is 1. The van der Waals surface area contributed by atoms with Gasteiger partial charge in [-0.25, -0.2) is 0 Å². The molecule has 0 aromatic carbocycles. The molecule has 1 heterocycles. The molecule has 0 aromatic heterocycles. The van der Waals surface area contributed by atoms with Gasteiger partial charge in [0, 0.05) is 0 Å². The fraction of sp³-hybridized carbons (Fsp3) is 0.333. The Morgan fingerprint density at radius 1 is 1.15 bits per heavy atom. The number of rotatable bonds is 0. The quantitative estimate of drug-likeness (QED) is 0.597.